The number of phenols is 1. The van der Waals surface area contributed by atoms with Crippen molar-refractivity contribution in [2.75, 3.05) is 44.7 Å². The number of ether oxygens (including phenoxy) is 1. The molecule has 3 aromatic rings. The predicted molar refractivity (Wildman–Crippen MR) is 168 cm³/mol. The zero-order valence-electron chi connectivity index (χ0n) is 25.1. The molecule has 3 heterocycles. The van der Waals surface area contributed by atoms with Crippen molar-refractivity contribution in [3.63, 3.8) is 0 Å². The first-order valence-electron chi connectivity index (χ1n) is 15.0. The molecule has 11 nitrogen and oxygen atoms in total. The molecule has 6 rings (SSSR count). The van der Waals surface area contributed by atoms with E-state index < -0.39 is 18.2 Å². The van der Waals surface area contributed by atoms with Crippen molar-refractivity contribution in [3.8, 4) is 23.8 Å². The Hall–Kier alpha value is -5.21. The number of benzene rings is 3. The van der Waals surface area contributed by atoms with Gasteiger partial charge in [-0.3, -0.25) is 9.59 Å². The van der Waals surface area contributed by atoms with Crippen LogP contribution in [0.2, 0.25) is 0 Å². The van der Waals surface area contributed by atoms with E-state index in [2.05, 4.69) is 16.1 Å². The summed E-state index contributed by atoms with van der Waals surface area (Å²) in [5.41, 5.74) is 3.55. The summed E-state index contributed by atoms with van der Waals surface area (Å²) < 4.78 is 5.91. The summed E-state index contributed by atoms with van der Waals surface area (Å²) in [5.74, 6) is 2.92. The van der Waals surface area contributed by atoms with Crippen LogP contribution in [0.25, 0.3) is 0 Å². The van der Waals surface area contributed by atoms with Crippen LogP contribution in [0.5, 0.6) is 11.5 Å². The minimum absolute atomic E-state index is 0.0427. The summed E-state index contributed by atoms with van der Waals surface area (Å²) in [4.78, 5) is 47.2. The molecule has 2 atom stereocenters. The zero-order valence-corrected chi connectivity index (χ0v) is 25.1. The maximum atomic E-state index is 14.2. The normalized spacial score (nSPS) is 19.8. The molecule has 2 saturated heterocycles. The summed E-state index contributed by atoms with van der Waals surface area (Å²) in [5, 5.41) is 15.9. The minimum Gasteiger partial charge on any atom is -0.508 e. The molecular formula is C34H36N6O5. The second-order valence-corrected chi connectivity index (χ2v) is 11.5. The van der Waals surface area contributed by atoms with Crippen LogP contribution in [-0.2, 0) is 29.1 Å². The first-order valence-corrected chi connectivity index (χ1v) is 15.0. The lowest BCUT2D eigenvalue weighted by atomic mass is 9.98. The molecular weight excluding hydrogens is 572 g/mol. The fraction of sp³-hybridized carbons (Fsp3) is 0.324. The highest BCUT2D eigenvalue weighted by Gasteiger charge is 2.51. The van der Waals surface area contributed by atoms with E-state index in [1.165, 1.54) is 9.91 Å². The number of nitrogens with zero attached hydrogens (tertiary/aromatic N) is 5. The van der Waals surface area contributed by atoms with E-state index in [4.69, 9.17) is 11.2 Å². The number of terminal acetylenes is 1. The highest BCUT2D eigenvalue weighted by molar-refractivity contribution is 5.91. The molecule has 4 amide bonds. The van der Waals surface area contributed by atoms with E-state index in [1.54, 1.807) is 34.2 Å². The van der Waals surface area contributed by atoms with Gasteiger partial charge in [0.1, 0.15) is 30.3 Å². The predicted octanol–water partition coefficient (Wildman–Crippen LogP) is 2.40. The maximum absolute atomic E-state index is 14.2. The Morgan fingerprint density at radius 3 is 2.56 bits per heavy atom. The lowest BCUT2D eigenvalue weighted by Crippen LogP contribution is -2.76. The molecule has 3 aliphatic rings. The molecule has 0 saturated carbocycles. The number of aromatic hydroxyl groups is 1. The molecule has 2 fully saturated rings. The number of phenolic OH excluding ortho intramolecular Hbond substituents is 1. The molecule has 0 bridgehead atoms. The molecule has 3 aromatic carbocycles. The third kappa shape index (κ3) is 6.23. The molecule has 232 valence electrons. The van der Waals surface area contributed by atoms with Crippen molar-refractivity contribution >= 4 is 23.5 Å². The zero-order chi connectivity index (χ0) is 31.5. The van der Waals surface area contributed by atoms with Gasteiger partial charge < -0.3 is 29.9 Å². The van der Waals surface area contributed by atoms with Gasteiger partial charge in [0.25, 0.3) is 0 Å². The molecule has 45 heavy (non-hydrogen) atoms. The molecule has 11 heteroatoms. The van der Waals surface area contributed by atoms with Crippen LogP contribution in [0.1, 0.15) is 16.7 Å². The van der Waals surface area contributed by atoms with Gasteiger partial charge in [-0.05, 0) is 41.0 Å². The van der Waals surface area contributed by atoms with Gasteiger partial charge in [0.2, 0.25) is 11.8 Å². The van der Waals surface area contributed by atoms with Crippen LogP contribution in [-0.4, -0.2) is 94.8 Å². The van der Waals surface area contributed by atoms with Crippen LogP contribution >= 0.6 is 0 Å². The number of likely N-dealkylation sites (N-methyl/N-ethyl adjacent to an activating group) is 1. The van der Waals surface area contributed by atoms with Gasteiger partial charge in [0, 0.05) is 26.6 Å². The number of carbonyl (C=O) groups is 3. The third-order valence-corrected chi connectivity index (χ3v) is 8.46. The molecule has 0 unspecified atom stereocenters. The molecule has 2 N–H and O–H groups in total. The first-order chi connectivity index (χ1) is 21.8. The van der Waals surface area contributed by atoms with Gasteiger partial charge in [-0.25, -0.2) is 9.80 Å². The quantitative estimate of drug-likeness (QED) is 0.397. The van der Waals surface area contributed by atoms with Gasteiger partial charge in [0.05, 0.1) is 31.9 Å². The van der Waals surface area contributed by atoms with E-state index in [1.807, 2.05) is 55.6 Å². The van der Waals surface area contributed by atoms with Gasteiger partial charge in [-0.1, -0.05) is 54.5 Å². The van der Waals surface area contributed by atoms with E-state index in [0.717, 1.165) is 34.7 Å². The number of urea groups is 1. The Morgan fingerprint density at radius 2 is 1.80 bits per heavy atom. The number of carbonyl (C=O) groups excluding carboxylic acids is 3. The van der Waals surface area contributed by atoms with Crippen LogP contribution in [0.15, 0.2) is 72.8 Å². The van der Waals surface area contributed by atoms with Crippen molar-refractivity contribution < 1.29 is 24.2 Å². The SMILES string of the molecule is C#CCN1CC(=O)N2[C@@H](Cc3ccc(O)cc3)C(=O)N(Cc3ccc4c(c3)OCCN4C)C[C@@H]2N1C(=O)NCc1ccccc1. The van der Waals surface area contributed by atoms with Crippen molar-refractivity contribution in [2.24, 2.45) is 0 Å². The Labute approximate surface area is 262 Å². The van der Waals surface area contributed by atoms with Crippen molar-refractivity contribution in [1.29, 1.82) is 0 Å². The maximum Gasteiger partial charge on any atom is 0.334 e. The number of hydrogen-bond acceptors (Lipinski definition) is 7. The lowest BCUT2D eigenvalue weighted by Gasteiger charge is -2.55. The highest BCUT2D eigenvalue weighted by atomic mass is 16.5. The summed E-state index contributed by atoms with van der Waals surface area (Å²) in [6.45, 7) is 1.89. The number of hydrogen-bond donors (Lipinski definition) is 2. The average Bonchev–Trinajstić information content (AvgIpc) is 3.03. The topological polar surface area (TPSA) is 109 Å². The molecule has 3 aliphatic heterocycles. The van der Waals surface area contributed by atoms with E-state index in [-0.39, 0.29) is 56.7 Å². The molecule has 0 aliphatic carbocycles. The van der Waals surface area contributed by atoms with E-state index in [9.17, 15) is 19.5 Å². The van der Waals surface area contributed by atoms with E-state index in [0.29, 0.717) is 6.61 Å². The van der Waals surface area contributed by atoms with Gasteiger partial charge in [-0.2, -0.15) is 5.01 Å². The Morgan fingerprint density at radius 1 is 1.04 bits per heavy atom. The van der Waals surface area contributed by atoms with Crippen molar-refractivity contribution in [2.45, 2.75) is 31.7 Å². The number of piperazine rings is 1. The summed E-state index contributed by atoms with van der Waals surface area (Å²) in [6, 6.07) is 20.7. The summed E-state index contributed by atoms with van der Waals surface area (Å²) >= 11 is 0. The first kappa shape index (κ1) is 29.8. The van der Waals surface area contributed by atoms with Crippen LogP contribution in [0.3, 0.4) is 0 Å². The Balaban J connectivity index is 1.34. The van der Waals surface area contributed by atoms with Crippen molar-refractivity contribution in [3.05, 3.63) is 89.5 Å². The number of nitrogens with one attached hydrogen (secondary N) is 1. The third-order valence-electron chi connectivity index (χ3n) is 8.46. The fourth-order valence-corrected chi connectivity index (χ4v) is 6.21. The van der Waals surface area contributed by atoms with Gasteiger partial charge in [0.15, 0.2) is 0 Å². The second kappa shape index (κ2) is 12.8. The van der Waals surface area contributed by atoms with Crippen LogP contribution in [0, 0.1) is 12.3 Å². The standard InChI is InChI=1S/C34H36N6O5/c1-3-15-38-23-32(42)39-29(18-24-9-12-27(41)13-10-24)33(43)37(21-26-11-14-28-30(19-26)45-17-16-36(28)2)22-31(39)40(38)34(44)35-20-25-7-5-4-6-8-25/h1,4-14,19,29,31,41H,15-18,20-23H2,2H3,(H,35,44)/t29-,31-/m0/s1. The lowest BCUT2D eigenvalue weighted by molar-refractivity contribution is -0.189. The van der Waals surface area contributed by atoms with Crippen LogP contribution < -0.4 is 15.0 Å². The molecule has 0 spiro atoms. The molecule has 0 aromatic heterocycles. The number of hydrazine groups is 1. The molecule has 0 radical (unpaired) electrons. The smallest absolute Gasteiger partial charge is 0.334 e. The fourth-order valence-electron chi connectivity index (χ4n) is 6.21. The number of anilines is 1. The average molecular weight is 609 g/mol. The number of amides is 4. The van der Waals surface area contributed by atoms with Gasteiger partial charge >= 0.3 is 6.03 Å². The Bertz CT molecular complexity index is 1610. The largest absolute Gasteiger partial charge is 0.508 e. The summed E-state index contributed by atoms with van der Waals surface area (Å²) in [7, 11) is 2.01. The monoisotopic (exact) mass is 608 g/mol. The highest BCUT2D eigenvalue weighted by Crippen LogP contribution is 2.33. The summed E-state index contributed by atoms with van der Waals surface area (Å²) in [6.07, 6.45) is 5.10. The second-order valence-electron chi connectivity index (χ2n) is 11.5. The number of fused-ring (bicyclic) bond motifs is 2. The Kier molecular flexibility index (Phi) is 8.49. The van der Waals surface area contributed by atoms with Crippen LogP contribution in [0.4, 0.5) is 10.5 Å². The number of rotatable bonds is 7. The minimum atomic E-state index is -0.877. The van der Waals surface area contributed by atoms with Crippen molar-refractivity contribution in [1.82, 2.24) is 25.1 Å². The van der Waals surface area contributed by atoms with Gasteiger partial charge in [-0.15, -0.1) is 6.42 Å². The van der Waals surface area contributed by atoms with E-state index >= 15 is 0 Å².